The molecular formula is C15H13N3O. The standard InChI is InChI=1S/C15H13N3O/c1-11-5-7-13(8-6-11)18-15(16-10-17-18)12-3-2-4-14(19)9-12/h2-10,19H,1H3. The Bertz CT molecular complexity index is 701. The summed E-state index contributed by atoms with van der Waals surface area (Å²) in [5.74, 6) is 0.927. The zero-order chi connectivity index (χ0) is 13.2. The van der Waals surface area contributed by atoms with Gasteiger partial charge in [-0.25, -0.2) is 9.67 Å². The fourth-order valence-electron chi connectivity index (χ4n) is 1.96. The first-order valence-electron chi connectivity index (χ1n) is 6.00. The fourth-order valence-corrected chi connectivity index (χ4v) is 1.96. The predicted octanol–water partition coefficient (Wildman–Crippen LogP) is 2.95. The normalized spacial score (nSPS) is 10.6. The maximum absolute atomic E-state index is 9.55. The average Bonchev–Trinajstić information content (AvgIpc) is 2.89. The lowest BCUT2D eigenvalue weighted by Crippen LogP contribution is -1.99. The van der Waals surface area contributed by atoms with Gasteiger partial charge in [-0.2, -0.15) is 5.10 Å². The highest BCUT2D eigenvalue weighted by Gasteiger charge is 2.09. The first-order valence-corrected chi connectivity index (χ1v) is 6.00. The number of phenols is 1. The molecule has 1 N–H and O–H groups in total. The van der Waals surface area contributed by atoms with Crippen molar-refractivity contribution in [3.8, 4) is 22.8 Å². The zero-order valence-corrected chi connectivity index (χ0v) is 10.5. The van der Waals surface area contributed by atoms with Gasteiger partial charge in [-0.1, -0.05) is 29.8 Å². The van der Waals surface area contributed by atoms with Crippen molar-refractivity contribution in [1.29, 1.82) is 0 Å². The molecule has 0 saturated heterocycles. The van der Waals surface area contributed by atoms with E-state index >= 15 is 0 Å². The number of hydrogen-bond donors (Lipinski definition) is 1. The molecule has 4 heteroatoms. The third-order valence-corrected chi connectivity index (χ3v) is 2.93. The molecule has 2 aromatic carbocycles. The Balaban J connectivity index is 2.10. The van der Waals surface area contributed by atoms with Gasteiger partial charge in [0.15, 0.2) is 5.82 Å². The van der Waals surface area contributed by atoms with E-state index in [4.69, 9.17) is 0 Å². The van der Waals surface area contributed by atoms with Crippen LogP contribution in [-0.4, -0.2) is 19.9 Å². The minimum atomic E-state index is 0.218. The van der Waals surface area contributed by atoms with Crippen LogP contribution in [0.3, 0.4) is 0 Å². The average molecular weight is 251 g/mol. The van der Waals surface area contributed by atoms with Crippen molar-refractivity contribution >= 4 is 0 Å². The van der Waals surface area contributed by atoms with Crippen LogP contribution in [-0.2, 0) is 0 Å². The van der Waals surface area contributed by atoms with Crippen LogP contribution in [0.25, 0.3) is 17.1 Å². The van der Waals surface area contributed by atoms with Crippen molar-refractivity contribution < 1.29 is 5.11 Å². The van der Waals surface area contributed by atoms with E-state index in [0.29, 0.717) is 5.82 Å². The van der Waals surface area contributed by atoms with Gasteiger partial charge in [0.05, 0.1) is 5.69 Å². The van der Waals surface area contributed by atoms with E-state index in [0.717, 1.165) is 11.3 Å². The Morgan fingerprint density at radius 1 is 1.05 bits per heavy atom. The molecule has 0 bridgehead atoms. The molecule has 0 saturated carbocycles. The van der Waals surface area contributed by atoms with E-state index in [9.17, 15) is 5.11 Å². The molecule has 1 aromatic heterocycles. The van der Waals surface area contributed by atoms with Crippen LogP contribution in [0.5, 0.6) is 5.75 Å². The molecule has 0 aliphatic rings. The van der Waals surface area contributed by atoms with Crippen molar-refractivity contribution in [3.05, 3.63) is 60.4 Å². The van der Waals surface area contributed by atoms with Crippen molar-refractivity contribution in [1.82, 2.24) is 14.8 Å². The van der Waals surface area contributed by atoms with Gasteiger partial charge in [0, 0.05) is 5.56 Å². The molecule has 0 radical (unpaired) electrons. The van der Waals surface area contributed by atoms with Crippen LogP contribution in [0.15, 0.2) is 54.9 Å². The second-order valence-electron chi connectivity index (χ2n) is 4.38. The van der Waals surface area contributed by atoms with Crippen molar-refractivity contribution in [2.45, 2.75) is 6.92 Å². The summed E-state index contributed by atoms with van der Waals surface area (Å²) in [6.45, 7) is 2.04. The molecular weight excluding hydrogens is 238 g/mol. The Labute approximate surface area is 111 Å². The quantitative estimate of drug-likeness (QED) is 0.761. The topological polar surface area (TPSA) is 50.9 Å². The van der Waals surface area contributed by atoms with Gasteiger partial charge in [0.2, 0.25) is 0 Å². The van der Waals surface area contributed by atoms with Crippen LogP contribution in [0, 0.1) is 6.92 Å². The number of rotatable bonds is 2. The molecule has 3 aromatic rings. The predicted molar refractivity (Wildman–Crippen MR) is 73.2 cm³/mol. The molecule has 3 rings (SSSR count). The number of aromatic hydroxyl groups is 1. The summed E-state index contributed by atoms with van der Waals surface area (Å²) >= 11 is 0. The molecule has 0 aliphatic heterocycles. The lowest BCUT2D eigenvalue weighted by molar-refractivity contribution is 0.475. The lowest BCUT2D eigenvalue weighted by Gasteiger charge is -2.06. The summed E-state index contributed by atoms with van der Waals surface area (Å²) in [7, 11) is 0. The minimum absolute atomic E-state index is 0.218. The number of aryl methyl sites for hydroxylation is 1. The highest BCUT2D eigenvalue weighted by Crippen LogP contribution is 2.23. The van der Waals surface area contributed by atoms with Gasteiger partial charge >= 0.3 is 0 Å². The summed E-state index contributed by atoms with van der Waals surface area (Å²) in [5.41, 5.74) is 2.97. The first-order chi connectivity index (χ1) is 9.24. The molecule has 1 heterocycles. The second-order valence-corrected chi connectivity index (χ2v) is 4.38. The number of hydrogen-bond acceptors (Lipinski definition) is 3. The minimum Gasteiger partial charge on any atom is -0.508 e. The number of nitrogens with zero attached hydrogens (tertiary/aromatic N) is 3. The third kappa shape index (κ3) is 2.20. The monoisotopic (exact) mass is 251 g/mol. The molecule has 4 nitrogen and oxygen atoms in total. The Morgan fingerprint density at radius 2 is 1.84 bits per heavy atom. The van der Waals surface area contributed by atoms with Crippen molar-refractivity contribution in [2.24, 2.45) is 0 Å². The Hall–Kier alpha value is -2.62. The number of benzene rings is 2. The van der Waals surface area contributed by atoms with Crippen LogP contribution in [0.4, 0.5) is 0 Å². The van der Waals surface area contributed by atoms with Crippen molar-refractivity contribution in [3.63, 3.8) is 0 Å². The number of aromatic nitrogens is 3. The van der Waals surface area contributed by atoms with Gasteiger partial charge in [0.1, 0.15) is 12.1 Å². The highest BCUT2D eigenvalue weighted by atomic mass is 16.3. The Morgan fingerprint density at radius 3 is 2.58 bits per heavy atom. The summed E-state index contributed by atoms with van der Waals surface area (Å²) < 4.78 is 1.76. The highest BCUT2D eigenvalue weighted by molar-refractivity contribution is 5.59. The molecule has 0 fully saturated rings. The molecule has 0 aliphatic carbocycles. The van der Waals surface area contributed by atoms with Crippen LogP contribution in [0.2, 0.25) is 0 Å². The molecule has 0 amide bonds. The maximum atomic E-state index is 9.55. The summed E-state index contributed by atoms with van der Waals surface area (Å²) in [6.07, 6.45) is 1.51. The van der Waals surface area contributed by atoms with Gasteiger partial charge in [0.25, 0.3) is 0 Å². The van der Waals surface area contributed by atoms with E-state index in [2.05, 4.69) is 10.1 Å². The van der Waals surface area contributed by atoms with E-state index < -0.39 is 0 Å². The summed E-state index contributed by atoms with van der Waals surface area (Å²) in [5, 5.41) is 13.8. The Kier molecular flexibility index (Phi) is 2.76. The van der Waals surface area contributed by atoms with Gasteiger partial charge in [-0.3, -0.25) is 0 Å². The summed E-state index contributed by atoms with van der Waals surface area (Å²) in [6, 6.07) is 15.1. The first kappa shape index (κ1) is 11.5. The largest absolute Gasteiger partial charge is 0.508 e. The maximum Gasteiger partial charge on any atom is 0.163 e. The smallest absolute Gasteiger partial charge is 0.163 e. The van der Waals surface area contributed by atoms with E-state index in [1.807, 2.05) is 37.3 Å². The lowest BCUT2D eigenvalue weighted by atomic mass is 10.2. The summed E-state index contributed by atoms with van der Waals surface area (Å²) in [4.78, 5) is 4.27. The second kappa shape index (κ2) is 4.57. The third-order valence-electron chi connectivity index (χ3n) is 2.93. The fraction of sp³-hybridized carbons (Fsp3) is 0.0667. The molecule has 0 atom stereocenters. The zero-order valence-electron chi connectivity index (χ0n) is 10.5. The SMILES string of the molecule is Cc1ccc(-n2ncnc2-c2cccc(O)c2)cc1. The van der Waals surface area contributed by atoms with E-state index in [1.165, 1.54) is 11.9 Å². The van der Waals surface area contributed by atoms with E-state index in [-0.39, 0.29) is 5.75 Å². The van der Waals surface area contributed by atoms with Crippen LogP contribution in [0.1, 0.15) is 5.56 Å². The molecule has 19 heavy (non-hydrogen) atoms. The van der Waals surface area contributed by atoms with Crippen LogP contribution >= 0.6 is 0 Å². The molecule has 0 spiro atoms. The van der Waals surface area contributed by atoms with Crippen molar-refractivity contribution in [2.75, 3.05) is 0 Å². The van der Waals surface area contributed by atoms with Gasteiger partial charge < -0.3 is 5.11 Å². The number of phenolic OH excluding ortho intramolecular Hbond substituents is 1. The molecule has 94 valence electrons. The molecule has 0 unspecified atom stereocenters. The van der Waals surface area contributed by atoms with Gasteiger partial charge in [-0.15, -0.1) is 0 Å². The van der Waals surface area contributed by atoms with Gasteiger partial charge in [-0.05, 0) is 31.2 Å². The van der Waals surface area contributed by atoms with E-state index in [1.54, 1.807) is 22.9 Å². The van der Waals surface area contributed by atoms with Crippen LogP contribution < -0.4 is 0 Å².